The minimum absolute atomic E-state index is 0.0187. The zero-order chi connectivity index (χ0) is 12.3. The van der Waals surface area contributed by atoms with Gasteiger partial charge in [0.05, 0.1) is 14.2 Å². The topological polar surface area (TPSA) is 38.7 Å². The van der Waals surface area contributed by atoms with E-state index in [2.05, 4.69) is 15.9 Å². The highest BCUT2D eigenvalue weighted by molar-refractivity contribution is 9.10. The smallest absolute Gasteiger partial charge is 0.268 e. The van der Waals surface area contributed by atoms with Crippen LogP contribution in [0.25, 0.3) is 0 Å². The molecule has 0 amide bonds. The highest BCUT2D eigenvalue weighted by atomic mass is 79.9. The molecule has 0 aliphatic carbocycles. The van der Waals surface area contributed by atoms with Crippen LogP contribution in [0.4, 0.5) is 8.78 Å². The first-order valence-electron chi connectivity index (χ1n) is 4.39. The summed E-state index contributed by atoms with van der Waals surface area (Å²) in [4.78, 5) is 0. The van der Waals surface area contributed by atoms with Crippen molar-refractivity contribution in [1.29, 1.82) is 0 Å². The summed E-state index contributed by atoms with van der Waals surface area (Å²) in [6.07, 6.45) is -4.74. The molecule has 0 saturated carbocycles. The normalized spacial score (nSPS) is 12.7. The minimum atomic E-state index is -2.87. The SMILES string of the molecule is COc1ccc(C(O)C(F)F)c(OC)c1Br. The summed E-state index contributed by atoms with van der Waals surface area (Å²) in [6.45, 7) is 0. The summed E-state index contributed by atoms with van der Waals surface area (Å²) in [5.41, 5.74) is 0.0187. The van der Waals surface area contributed by atoms with Crippen molar-refractivity contribution in [2.24, 2.45) is 0 Å². The van der Waals surface area contributed by atoms with Crippen molar-refractivity contribution in [1.82, 2.24) is 0 Å². The third-order valence-corrected chi connectivity index (χ3v) is 2.82. The highest BCUT2D eigenvalue weighted by Crippen LogP contribution is 2.40. The molecule has 1 aromatic carbocycles. The van der Waals surface area contributed by atoms with Crippen LogP contribution in [0, 0.1) is 0 Å². The Balaban J connectivity index is 3.25. The Morgan fingerprint density at radius 2 is 1.88 bits per heavy atom. The minimum Gasteiger partial charge on any atom is -0.495 e. The molecule has 0 aromatic heterocycles. The van der Waals surface area contributed by atoms with Gasteiger partial charge < -0.3 is 14.6 Å². The second-order valence-electron chi connectivity index (χ2n) is 2.98. The van der Waals surface area contributed by atoms with Crippen LogP contribution in [0.3, 0.4) is 0 Å². The van der Waals surface area contributed by atoms with Crippen molar-refractivity contribution in [2.45, 2.75) is 12.5 Å². The number of hydrogen-bond acceptors (Lipinski definition) is 3. The van der Waals surface area contributed by atoms with E-state index < -0.39 is 12.5 Å². The van der Waals surface area contributed by atoms with Gasteiger partial charge in [-0.3, -0.25) is 0 Å². The van der Waals surface area contributed by atoms with Crippen molar-refractivity contribution in [3.05, 3.63) is 22.2 Å². The molecule has 6 heteroatoms. The van der Waals surface area contributed by atoms with E-state index in [1.54, 1.807) is 0 Å². The van der Waals surface area contributed by atoms with Crippen LogP contribution in [0.1, 0.15) is 11.7 Å². The molecule has 3 nitrogen and oxygen atoms in total. The summed E-state index contributed by atoms with van der Waals surface area (Å²) in [5.74, 6) is 0.592. The Hall–Kier alpha value is -0.880. The fourth-order valence-electron chi connectivity index (χ4n) is 1.29. The Morgan fingerprint density at radius 1 is 1.25 bits per heavy atom. The van der Waals surface area contributed by atoms with E-state index in [1.165, 1.54) is 26.4 Å². The van der Waals surface area contributed by atoms with Crippen LogP contribution >= 0.6 is 15.9 Å². The van der Waals surface area contributed by atoms with E-state index in [-0.39, 0.29) is 11.3 Å². The number of benzene rings is 1. The van der Waals surface area contributed by atoms with E-state index in [0.29, 0.717) is 10.2 Å². The molecule has 0 radical (unpaired) electrons. The summed E-state index contributed by atoms with van der Waals surface area (Å²) < 4.78 is 35.1. The molecular formula is C10H11BrF2O3. The molecule has 0 aliphatic rings. The first-order valence-corrected chi connectivity index (χ1v) is 5.18. The first-order chi connectivity index (χ1) is 7.52. The van der Waals surface area contributed by atoms with Crippen LogP contribution in [-0.4, -0.2) is 25.8 Å². The summed E-state index contributed by atoms with van der Waals surface area (Å²) in [6, 6.07) is 2.83. The summed E-state index contributed by atoms with van der Waals surface area (Å²) in [7, 11) is 2.78. The van der Waals surface area contributed by atoms with Gasteiger partial charge in [0.25, 0.3) is 6.43 Å². The average molecular weight is 297 g/mol. The Kier molecular flexibility index (Phi) is 4.49. The van der Waals surface area contributed by atoms with Gasteiger partial charge in [-0.2, -0.15) is 0 Å². The second kappa shape index (κ2) is 5.45. The lowest BCUT2D eigenvalue weighted by Crippen LogP contribution is -2.10. The average Bonchev–Trinajstić information content (AvgIpc) is 2.27. The Bertz CT molecular complexity index is 371. The van der Waals surface area contributed by atoms with E-state index >= 15 is 0 Å². The van der Waals surface area contributed by atoms with E-state index in [0.717, 1.165) is 0 Å². The second-order valence-corrected chi connectivity index (χ2v) is 3.78. The van der Waals surface area contributed by atoms with Crippen molar-refractivity contribution in [3.63, 3.8) is 0 Å². The Morgan fingerprint density at radius 3 is 2.31 bits per heavy atom. The first kappa shape index (κ1) is 13.2. The molecule has 0 aliphatic heterocycles. The maximum absolute atomic E-state index is 12.4. The quantitative estimate of drug-likeness (QED) is 0.928. The van der Waals surface area contributed by atoms with Crippen LogP contribution in [0.15, 0.2) is 16.6 Å². The van der Waals surface area contributed by atoms with Crippen LogP contribution < -0.4 is 9.47 Å². The molecule has 1 atom stereocenters. The van der Waals surface area contributed by atoms with E-state index in [1.807, 2.05) is 0 Å². The monoisotopic (exact) mass is 296 g/mol. The Labute approximate surface area is 100 Å². The fraction of sp³-hybridized carbons (Fsp3) is 0.400. The van der Waals surface area contributed by atoms with Gasteiger partial charge in [-0.25, -0.2) is 8.78 Å². The molecule has 0 fully saturated rings. The molecular weight excluding hydrogens is 286 g/mol. The third-order valence-electron chi connectivity index (χ3n) is 2.07. The number of halogens is 3. The molecule has 1 N–H and O–H groups in total. The van der Waals surface area contributed by atoms with E-state index in [9.17, 15) is 13.9 Å². The van der Waals surface area contributed by atoms with E-state index in [4.69, 9.17) is 9.47 Å². The molecule has 1 rings (SSSR count). The van der Waals surface area contributed by atoms with Crippen molar-refractivity contribution in [3.8, 4) is 11.5 Å². The van der Waals surface area contributed by atoms with Gasteiger partial charge in [-0.1, -0.05) is 0 Å². The number of aliphatic hydroxyl groups excluding tert-OH is 1. The zero-order valence-corrected chi connectivity index (χ0v) is 10.3. The van der Waals surface area contributed by atoms with Crippen molar-refractivity contribution < 1.29 is 23.4 Å². The summed E-state index contributed by atoms with van der Waals surface area (Å²) >= 11 is 3.16. The number of aliphatic hydroxyl groups is 1. The lowest BCUT2D eigenvalue weighted by atomic mass is 10.1. The van der Waals surface area contributed by atoms with Gasteiger partial charge in [-0.15, -0.1) is 0 Å². The molecule has 0 heterocycles. The predicted octanol–water partition coefficient (Wildman–Crippen LogP) is 2.76. The van der Waals surface area contributed by atoms with Gasteiger partial charge in [0.15, 0.2) is 0 Å². The van der Waals surface area contributed by atoms with Gasteiger partial charge in [-0.05, 0) is 28.1 Å². The lowest BCUT2D eigenvalue weighted by Gasteiger charge is -2.16. The number of rotatable bonds is 4. The fourth-order valence-corrected chi connectivity index (χ4v) is 1.97. The summed E-state index contributed by atoms with van der Waals surface area (Å²) in [5, 5.41) is 9.31. The molecule has 1 unspecified atom stereocenters. The highest BCUT2D eigenvalue weighted by Gasteiger charge is 2.25. The van der Waals surface area contributed by atoms with Gasteiger partial charge in [0, 0.05) is 5.56 Å². The number of methoxy groups -OCH3 is 2. The number of hydrogen-bond donors (Lipinski definition) is 1. The molecule has 0 spiro atoms. The maximum Gasteiger partial charge on any atom is 0.268 e. The van der Waals surface area contributed by atoms with Gasteiger partial charge in [0.2, 0.25) is 0 Å². The van der Waals surface area contributed by atoms with Gasteiger partial charge >= 0.3 is 0 Å². The lowest BCUT2D eigenvalue weighted by molar-refractivity contribution is -0.00706. The molecule has 0 saturated heterocycles. The predicted molar refractivity (Wildman–Crippen MR) is 58.2 cm³/mol. The zero-order valence-electron chi connectivity index (χ0n) is 8.71. The van der Waals surface area contributed by atoms with Crippen molar-refractivity contribution >= 4 is 15.9 Å². The molecule has 16 heavy (non-hydrogen) atoms. The number of ether oxygens (including phenoxy) is 2. The van der Waals surface area contributed by atoms with Crippen molar-refractivity contribution in [2.75, 3.05) is 14.2 Å². The van der Waals surface area contributed by atoms with Crippen LogP contribution in [0.2, 0.25) is 0 Å². The van der Waals surface area contributed by atoms with Gasteiger partial charge in [0.1, 0.15) is 22.1 Å². The molecule has 90 valence electrons. The number of alkyl halides is 2. The largest absolute Gasteiger partial charge is 0.495 e. The van der Waals surface area contributed by atoms with Crippen LogP contribution in [0.5, 0.6) is 11.5 Å². The van der Waals surface area contributed by atoms with Crippen LogP contribution in [-0.2, 0) is 0 Å². The molecule has 0 bridgehead atoms. The molecule has 1 aromatic rings. The standard InChI is InChI=1S/C10H11BrF2O3/c1-15-6-4-3-5(8(14)10(12)13)9(16-2)7(6)11/h3-4,8,10,14H,1-2H3. The maximum atomic E-state index is 12.4. The third kappa shape index (κ3) is 2.44.